The van der Waals surface area contributed by atoms with Gasteiger partial charge in [0, 0.05) is 31.9 Å². The van der Waals surface area contributed by atoms with Crippen LogP contribution < -0.4 is 4.90 Å². The molecular formula is C22H20FN3O3S. The van der Waals surface area contributed by atoms with E-state index in [1.54, 1.807) is 23.1 Å². The van der Waals surface area contributed by atoms with Gasteiger partial charge in [0.05, 0.1) is 4.91 Å². The van der Waals surface area contributed by atoms with E-state index < -0.39 is 11.1 Å². The van der Waals surface area contributed by atoms with Gasteiger partial charge in [0.15, 0.2) is 0 Å². The van der Waals surface area contributed by atoms with Crippen LogP contribution in [0.25, 0.3) is 6.08 Å². The highest BCUT2D eigenvalue weighted by molar-refractivity contribution is 8.18. The second-order valence-electron chi connectivity index (χ2n) is 7.02. The van der Waals surface area contributed by atoms with Crippen LogP contribution in [0.5, 0.6) is 0 Å². The summed E-state index contributed by atoms with van der Waals surface area (Å²) in [5.41, 5.74) is 1.73. The van der Waals surface area contributed by atoms with Crippen LogP contribution in [-0.2, 0) is 9.59 Å². The first-order valence-electron chi connectivity index (χ1n) is 9.60. The fraction of sp³-hybridized carbons (Fsp3) is 0.227. The second-order valence-corrected chi connectivity index (χ2v) is 8.02. The lowest BCUT2D eigenvalue weighted by Gasteiger charge is -2.36. The molecule has 0 bridgehead atoms. The van der Waals surface area contributed by atoms with E-state index in [-0.39, 0.29) is 18.3 Å². The summed E-state index contributed by atoms with van der Waals surface area (Å²) < 4.78 is 13.1. The molecule has 8 heteroatoms. The minimum atomic E-state index is -0.438. The number of thioether (sulfide) groups is 1. The topological polar surface area (TPSA) is 60.9 Å². The Balaban J connectivity index is 1.35. The van der Waals surface area contributed by atoms with Crippen molar-refractivity contribution in [2.75, 3.05) is 37.6 Å². The summed E-state index contributed by atoms with van der Waals surface area (Å²) in [5, 5.41) is -0.430. The molecule has 2 aromatic carbocycles. The smallest absolute Gasteiger partial charge is 0.294 e. The lowest BCUT2D eigenvalue weighted by atomic mass is 10.2. The maximum absolute atomic E-state index is 13.1. The number of hydrogen-bond donors (Lipinski definition) is 0. The molecule has 0 aromatic heterocycles. The number of rotatable bonds is 4. The van der Waals surface area contributed by atoms with Crippen LogP contribution in [0.15, 0.2) is 59.5 Å². The van der Waals surface area contributed by atoms with Crippen LogP contribution >= 0.6 is 11.8 Å². The Bertz CT molecular complexity index is 986. The molecule has 0 N–H and O–H groups in total. The summed E-state index contributed by atoms with van der Waals surface area (Å²) in [6.07, 6.45) is 1.66. The molecule has 2 fully saturated rings. The monoisotopic (exact) mass is 425 g/mol. The zero-order chi connectivity index (χ0) is 21.1. The summed E-state index contributed by atoms with van der Waals surface area (Å²) in [6.45, 7) is 1.91. The number of carbonyl (C=O) groups is 3. The van der Waals surface area contributed by atoms with Crippen LogP contribution in [0.1, 0.15) is 5.56 Å². The van der Waals surface area contributed by atoms with Gasteiger partial charge in [0.1, 0.15) is 12.4 Å². The number of hydrogen-bond acceptors (Lipinski definition) is 5. The highest BCUT2D eigenvalue weighted by atomic mass is 32.2. The van der Waals surface area contributed by atoms with Crippen molar-refractivity contribution in [3.05, 3.63) is 70.9 Å². The van der Waals surface area contributed by atoms with Gasteiger partial charge < -0.3 is 9.80 Å². The Morgan fingerprint density at radius 3 is 2.30 bits per heavy atom. The molecule has 0 spiro atoms. The molecule has 2 saturated heterocycles. The lowest BCUT2D eigenvalue weighted by molar-refractivity contribution is -0.136. The molecule has 6 nitrogen and oxygen atoms in total. The number of amides is 3. The Labute approximate surface area is 177 Å². The normalized spacial score (nSPS) is 18.4. The largest absolute Gasteiger partial charge is 0.368 e. The average Bonchev–Trinajstić information content (AvgIpc) is 3.02. The van der Waals surface area contributed by atoms with E-state index in [0.29, 0.717) is 31.1 Å². The molecule has 2 aliphatic heterocycles. The predicted molar refractivity (Wildman–Crippen MR) is 114 cm³/mol. The van der Waals surface area contributed by atoms with Crippen molar-refractivity contribution in [2.45, 2.75) is 0 Å². The minimum Gasteiger partial charge on any atom is -0.368 e. The molecule has 0 atom stereocenters. The third kappa shape index (κ3) is 4.38. The molecule has 2 aliphatic rings. The van der Waals surface area contributed by atoms with Gasteiger partial charge in [-0.1, -0.05) is 30.3 Å². The van der Waals surface area contributed by atoms with Crippen molar-refractivity contribution in [2.24, 2.45) is 0 Å². The van der Waals surface area contributed by atoms with Gasteiger partial charge in [0.2, 0.25) is 5.91 Å². The Morgan fingerprint density at radius 2 is 1.63 bits per heavy atom. The second kappa shape index (κ2) is 8.71. The summed E-state index contributed by atoms with van der Waals surface area (Å²) >= 11 is 0.853. The van der Waals surface area contributed by atoms with E-state index in [1.165, 1.54) is 12.1 Å². The van der Waals surface area contributed by atoms with E-state index in [1.807, 2.05) is 30.3 Å². The van der Waals surface area contributed by atoms with Crippen molar-refractivity contribution in [3.8, 4) is 0 Å². The van der Waals surface area contributed by atoms with Crippen LogP contribution in [0, 0.1) is 5.82 Å². The number of benzene rings is 2. The number of halogens is 1. The van der Waals surface area contributed by atoms with Crippen molar-refractivity contribution in [3.63, 3.8) is 0 Å². The standard InChI is InChI=1S/C22H20FN3O3S/c23-17-6-8-18(9-7-17)24-10-12-25(13-11-24)20(27)15-26-21(28)19(30-22(26)29)14-16-4-2-1-3-5-16/h1-9,14H,10-13,15H2/b19-14+. The Hall–Kier alpha value is -3.13. The Morgan fingerprint density at radius 1 is 0.967 bits per heavy atom. The molecule has 0 aliphatic carbocycles. The summed E-state index contributed by atoms with van der Waals surface area (Å²) in [7, 11) is 0. The van der Waals surface area contributed by atoms with Gasteiger partial charge in [-0.05, 0) is 47.7 Å². The molecular weight excluding hydrogens is 405 g/mol. The maximum Gasteiger partial charge on any atom is 0.294 e. The highest BCUT2D eigenvalue weighted by Gasteiger charge is 2.37. The first-order chi connectivity index (χ1) is 14.5. The number of carbonyl (C=O) groups excluding carboxylic acids is 3. The van der Waals surface area contributed by atoms with Gasteiger partial charge in [-0.3, -0.25) is 19.3 Å². The molecule has 2 heterocycles. The van der Waals surface area contributed by atoms with Crippen molar-refractivity contribution < 1.29 is 18.8 Å². The third-order valence-corrected chi connectivity index (χ3v) is 6.00. The quantitative estimate of drug-likeness (QED) is 0.704. The van der Waals surface area contributed by atoms with Gasteiger partial charge in [0.25, 0.3) is 11.1 Å². The molecule has 154 valence electrons. The van der Waals surface area contributed by atoms with Crippen molar-refractivity contribution in [1.29, 1.82) is 0 Å². The molecule has 3 amide bonds. The van der Waals surface area contributed by atoms with Gasteiger partial charge in [-0.15, -0.1) is 0 Å². The number of imide groups is 1. The number of anilines is 1. The molecule has 0 radical (unpaired) electrons. The fourth-order valence-electron chi connectivity index (χ4n) is 3.44. The van der Waals surface area contributed by atoms with E-state index in [0.717, 1.165) is 27.9 Å². The average molecular weight is 425 g/mol. The molecule has 2 aromatic rings. The molecule has 0 saturated carbocycles. The Kier molecular flexibility index (Phi) is 5.85. The van der Waals surface area contributed by atoms with Crippen LogP contribution in [0.2, 0.25) is 0 Å². The molecule has 0 unspecified atom stereocenters. The van der Waals surface area contributed by atoms with Crippen LogP contribution in [0.4, 0.5) is 14.9 Å². The van der Waals surface area contributed by atoms with E-state index in [4.69, 9.17) is 0 Å². The van der Waals surface area contributed by atoms with E-state index >= 15 is 0 Å². The van der Waals surface area contributed by atoms with Crippen LogP contribution in [0.3, 0.4) is 0 Å². The lowest BCUT2D eigenvalue weighted by Crippen LogP contribution is -2.51. The zero-order valence-electron chi connectivity index (χ0n) is 16.2. The van der Waals surface area contributed by atoms with Gasteiger partial charge in [-0.2, -0.15) is 0 Å². The maximum atomic E-state index is 13.1. The third-order valence-electron chi connectivity index (χ3n) is 5.09. The molecule has 4 rings (SSSR count). The van der Waals surface area contributed by atoms with E-state index in [9.17, 15) is 18.8 Å². The van der Waals surface area contributed by atoms with Crippen molar-refractivity contribution in [1.82, 2.24) is 9.80 Å². The first kappa shape index (κ1) is 20.2. The number of piperazine rings is 1. The SMILES string of the molecule is O=C(CN1C(=O)S/C(=C/c2ccccc2)C1=O)N1CCN(c2ccc(F)cc2)CC1. The van der Waals surface area contributed by atoms with E-state index in [2.05, 4.69) is 4.90 Å². The summed E-state index contributed by atoms with van der Waals surface area (Å²) in [5.74, 6) is -0.977. The fourth-order valence-corrected chi connectivity index (χ4v) is 4.28. The predicted octanol–water partition coefficient (Wildman–Crippen LogP) is 3.21. The zero-order valence-corrected chi connectivity index (χ0v) is 17.0. The van der Waals surface area contributed by atoms with Gasteiger partial charge in [-0.25, -0.2) is 4.39 Å². The minimum absolute atomic E-state index is 0.253. The summed E-state index contributed by atoms with van der Waals surface area (Å²) in [6, 6.07) is 15.5. The first-order valence-corrected chi connectivity index (χ1v) is 10.4. The molecule has 30 heavy (non-hydrogen) atoms. The summed E-state index contributed by atoms with van der Waals surface area (Å²) in [4.78, 5) is 42.6. The van der Waals surface area contributed by atoms with Gasteiger partial charge >= 0.3 is 0 Å². The highest BCUT2D eigenvalue weighted by Crippen LogP contribution is 2.32. The number of nitrogens with zero attached hydrogens (tertiary/aromatic N) is 3. The van der Waals surface area contributed by atoms with Crippen LogP contribution in [-0.4, -0.2) is 59.6 Å². The van der Waals surface area contributed by atoms with Crippen molar-refractivity contribution >= 4 is 40.6 Å².